The summed E-state index contributed by atoms with van der Waals surface area (Å²) in [6.07, 6.45) is 2.23. The minimum absolute atomic E-state index is 0.403. The molecule has 0 bridgehead atoms. The van der Waals surface area contributed by atoms with E-state index in [4.69, 9.17) is 10.6 Å². The second kappa shape index (κ2) is 10.7. The second-order valence-electron chi connectivity index (χ2n) is 6.59. The lowest BCUT2D eigenvalue weighted by atomic mass is 10.1. The van der Waals surface area contributed by atoms with Crippen molar-refractivity contribution in [3.63, 3.8) is 0 Å². The molecule has 0 unspecified atom stereocenters. The molecule has 154 valence electrons. The summed E-state index contributed by atoms with van der Waals surface area (Å²) in [4.78, 5) is 10.2. The first-order valence-electron chi connectivity index (χ1n) is 9.10. The number of aromatic nitrogens is 2. The van der Waals surface area contributed by atoms with E-state index >= 15 is 0 Å². The van der Waals surface area contributed by atoms with Crippen LogP contribution < -0.4 is 22.1 Å². The van der Waals surface area contributed by atoms with Crippen LogP contribution >= 0.6 is 11.8 Å². The molecule has 0 saturated carbocycles. The number of nitrogens with zero attached hydrogens (tertiary/aromatic N) is 3. The first kappa shape index (κ1) is 22.5. The number of nitrogens with two attached hydrogens (primary N) is 2. The van der Waals surface area contributed by atoms with Gasteiger partial charge in [-0.3, -0.25) is 10.2 Å². The van der Waals surface area contributed by atoms with E-state index in [1.54, 1.807) is 10.4 Å². The number of thioether (sulfide) groups is 1. The lowest BCUT2D eigenvalue weighted by molar-refractivity contribution is -0.109. The molecule has 2 aromatic carbocycles. The molecule has 0 radical (unpaired) electrons. The van der Waals surface area contributed by atoms with E-state index in [0.29, 0.717) is 6.41 Å². The molecule has 3 rings (SSSR count). The average molecular weight is 413 g/mol. The maximum atomic E-state index is 8.94. The highest BCUT2D eigenvalue weighted by atomic mass is 32.2. The Morgan fingerprint density at radius 2 is 1.90 bits per heavy atom. The van der Waals surface area contributed by atoms with Crippen LogP contribution in [0.4, 0.5) is 5.69 Å². The van der Waals surface area contributed by atoms with Gasteiger partial charge in [0, 0.05) is 29.6 Å². The lowest BCUT2D eigenvalue weighted by Crippen LogP contribution is -2.26. The number of hydrogen-bond donors (Lipinski definition) is 3. The zero-order valence-electron chi connectivity index (χ0n) is 17.2. The number of aryl methyl sites for hydroxylation is 3. The highest BCUT2D eigenvalue weighted by molar-refractivity contribution is 7.98. The van der Waals surface area contributed by atoms with Crippen LogP contribution in [-0.4, -0.2) is 23.2 Å². The van der Waals surface area contributed by atoms with Crippen molar-refractivity contribution >= 4 is 23.9 Å². The van der Waals surface area contributed by atoms with E-state index in [0.717, 1.165) is 22.8 Å². The third kappa shape index (κ3) is 5.83. The minimum atomic E-state index is 0.403. The second-order valence-corrected chi connectivity index (χ2v) is 7.61. The molecule has 8 heteroatoms. The lowest BCUT2D eigenvalue weighted by Gasteiger charge is -2.19. The van der Waals surface area contributed by atoms with Crippen molar-refractivity contribution in [2.45, 2.75) is 31.4 Å². The van der Waals surface area contributed by atoms with Gasteiger partial charge in [0.1, 0.15) is 0 Å². The van der Waals surface area contributed by atoms with Crippen LogP contribution in [0.25, 0.3) is 5.69 Å². The largest absolute Gasteiger partial charge is 0.314 e. The SMILES string of the molecule is Cc1cc(-n2nccc2C)ccc1SCc1c(C)cccc1N(C)N.NNC=O. The highest BCUT2D eigenvalue weighted by Crippen LogP contribution is 2.32. The van der Waals surface area contributed by atoms with Gasteiger partial charge in [-0.2, -0.15) is 5.10 Å². The van der Waals surface area contributed by atoms with E-state index in [1.165, 1.54) is 21.6 Å². The maximum Gasteiger partial charge on any atom is 0.221 e. The van der Waals surface area contributed by atoms with Gasteiger partial charge in [-0.25, -0.2) is 16.4 Å². The maximum absolute atomic E-state index is 8.94. The molecule has 3 aromatic rings. The molecule has 0 saturated heterocycles. The van der Waals surface area contributed by atoms with E-state index in [9.17, 15) is 0 Å². The predicted octanol–water partition coefficient (Wildman–Crippen LogP) is 3.01. The summed E-state index contributed by atoms with van der Waals surface area (Å²) >= 11 is 1.84. The summed E-state index contributed by atoms with van der Waals surface area (Å²) in [5, 5.41) is 6.08. The Hall–Kier alpha value is -2.81. The van der Waals surface area contributed by atoms with Crippen LogP contribution in [0.3, 0.4) is 0 Å². The Morgan fingerprint density at radius 1 is 1.17 bits per heavy atom. The van der Waals surface area contributed by atoms with Crippen molar-refractivity contribution in [1.82, 2.24) is 15.2 Å². The number of hydrogen-bond acceptors (Lipinski definition) is 6. The number of nitrogens with one attached hydrogen (secondary N) is 1. The molecule has 0 spiro atoms. The zero-order chi connectivity index (χ0) is 21.4. The number of carbonyl (C=O) groups excluding carboxylic acids is 1. The van der Waals surface area contributed by atoms with Crippen LogP contribution in [0, 0.1) is 20.8 Å². The molecule has 1 heterocycles. The van der Waals surface area contributed by atoms with Crippen LogP contribution in [0.1, 0.15) is 22.4 Å². The molecule has 0 aliphatic heterocycles. The molecule has 0 fully saturated rings. The molecule has 0 aliphatic carbocycles. The van der Waals surface area contributed by atoms with E-state index in [-0.39, 0.29) is 0 Å². The normalized spacial score (nSPS) is 10.1. The van der Waals surface area contributed by atoms with Gasteiger partial charge in [0.2, 0.25) is 6.41 Å². The molecule has 7 nitrogen and oxygen atoms in total. The number of amides is 1. The molecular formula is C21H28N6OS. The molecule has 0 aliphatic rings. The van der Waals surface area contributed by atoms with Crippen molar-refractivity contribution in [2.75, 3.05) is 12.1 Å². The Labute approximate surface area is 176 Å². The third-order valence-corrected chi connectivity index (χ3v) is 5.64. The summed E-state index contributed by atoms with van der Waals surface area (Å²) in [5.41, 5.74) is 8.87. The van der Waals surface area contributed by atoms with E-state index in [2.05, 4.69) is 68.1 Å². The van der Waals surface area contributed by atoms with Crippen molar-refractivity contribution in [1.29, 1.82) is 0 Å². The van der Waals surface area contributed by atoms with E-state index < -0.39 is 0 Å². The summed E-state index contributed by atoms with van der Waals surface area (Å²) in [6.45, 7) is 6.35. The number of anilines is 1. The van der Waals surface area contributed by atoms with Gasteiger partial charge < -0.3 is 5.01 Å². The Morgan fingerprint density at radius 3 is 2.45 bits per heavy atom. The predicted molar refractivity (Wildman–Crippen MR) is 120 cm³/mol. The third-order valence-electron chi connectivity index (χ3n) is 4.44. The molecule has 5 N–H and O–H groups in total. The zero-order valence-corrected chi connectivity index (χ0v) is 18.0. The topological polar surface area (TPSA) is 102 Å². The van der Waals surface area contributed by atoms with Gasteiger partial charge in [0.15, 0.2) is 0 Å². The Kier molecular flexibility index (Phi) is 8.26. The number of carbonyl (C=O) groups is 1. The van der Waals surface area contributed by atoms with Gasteiger partial charge in [0.05, 0.1) is 11.4 Å². The van der Waals surface area contributed by atoms with Crippen molar-refractivity contribution in [3.05, 3.63) is 71.0 Å². The fourth-order valence-electron chi connectivity index (χ4n) is 2.92. The summed E-state index contributed by atoms with van der Waals surface area (Å²) in [6, 6.07) is 14.8. The average Bonchev–Trinajstić information content (AvgIpc) is 3.13. The fourth-order valence-corrected chi connectivity index (χ4v) is 4.05. The number of rotatable bonds is 6. The molecule has 1 aromatic heterocycles. The summed E-state index contributed by atoms with van der Waals surface area (Å²) in [7, 11) is 1.88. The quantitative estimate of drug-likeness (QED) is 0.189. The van der Waals surface area contributed by atoms with Crippen LogP contribution in [0.5, 0.6) is 0 Å². The standard InChI is InChI=1S/C20H24N4S.CH4N2O/c1-14-6-5-7-19(23(4)21)18(14)13-25-20-9-8-17(12-15(20)2)24-16(3)10-11-22-24;2-3-1-4/h5-12H,13,21H2,1-4H3;1H,2H2,(H,3,4). The Balaban J connectivity index is 0.000000687. The van der Waals surface area contributed by atoms with Crippen molar-refractivity contribution in [2.24, 2.45) is 11.7 Å². The van der Waals surface area contributed by atoms with Crippen molar-refractivity contribution in [3.8, 4) is 5.69 Å². The highest BCUT2D eigenvalue weighted by Gasteiger charge is 2.10. The molecular weight excluding hydrogens is 384 g/mol. The first-order valence-corrected chi connectivity index (χ1v) is 10.1. The van der Waals surface area contributed by atoms with Crippen molar-refractivity contribution < 1.29 is 4.79 Å². The molecule has 1 amide bonds. The van der Waals surface area contributed by atoms with Gasteiger partial charge in [-0.05, 0) is 67.8 Å². The monoisotopic (exact) mass is 412 g/mol. The summed E-state index contributed by atoms with van der Waals surface area (Å²) < 4.78 is 1.96. The van der Waals surface area contributed by atoms with Crippen LogP contribution in [0.2, 0.25) is 0 Å². The number of hydrazine groups is 2. The van der Waals surface area contributed by atoms with Crippen LogP contribution in [-0.2, 0) is 10.5 Å². The smallest absolute Gasteiger partial charge is 0.221 e. The number of benzene rings is 2. The van der Waals surface area contributed by atoms with Gasteiger partial charge in [-0.15, -0.1) is 11.8 Å². The van der Waals surface area contributed by atoms with Gasteiger partial charge in [-0.1, -0.05) is 12.1 Å². The fraction of sp³-hybridized carbons (Fsp3) is 0.238. The van der Waals surface area contributed by atoms with Gasteiger partial charge >= 0.3 is 0 Å². The molecule has 0 atom stereocenters. The molecule has 29 heavy (non-hydrogen) atoms. The van der Waals surface area contributed by atoms with Gasteiger partial charge in [0.25, 0.3) is 0 Å². The first-order chi connectivity index (χ1) is 13.9. The van der Waals surface area contributed by atoms with E-state index in [1.807, 2.05) is 35.8 Å². The van der Waals surface area contributed by atoms with Crippen LogP contribution in [0.15, 0.2) is 53.6 Å². The summed E-state index contributed by atoms with van der Waals surface area (Å²) in [5.74, 6) is 11.3. The Bertz CT molecular complexity index is 954. The minimum Gasteiger partial charge on any atom is -0.314 e.